The summed E-state index contributed by atoms with van der Waals surface area (Å²) in [5.74, 6) is 0.674. The van der Waals surface area contributed by atoms with Crippen molar-refractivity contribution in [1.82, 2.24) is 19.8 Å². The lowest BCUT2D eigenvalue weighted by molar-refractivity contribution is -0.122. The molecule has 2 heterocycles. The van der Waals surface area contributed by atoms with E-state index in [0.29, 0.717) is 19.8 Å². The summed E-state index contributed by atoms with van der Waals surface area (Å²) in [7, 11) is 0. The molecule has 4 rings (SSSR count). The number of carbonyl (C=O) groups is 1. The zero-order valence-electron chi connectivity index (χ0n) is 18.1. The third-order valence-electron chi connectivity index (χ3n) is 5.72. The first kappa shape index (κ1) is 21.5. The number of hydrogen-bond donors (Lipinski definition) is 1. The summed E-state index contributed by atoms with van der Waals surface area (Å²) in [5, 5.41) is 3.14. The molecule has 1 aromatic heterocycles. The van der Waals surface area contributed by atoms with Gasteiger partial charge in [0, 0.05) is 13.1 Å². The van der Waals surface area contributed by atoms with E-state index >= 15 is 0 Å². The minimum Gasteiger partial charge on any atom is -0.379 e. The van der Waals surface area contributed by atoms with Gasteiger partial charge in [-0.15, -0.1) is 0 Å². The Morgan fingerprint density at radius 2 is 1.84 bits per heavy atom. The van der Waals surface area contributed by atoms with Gasteiger partial charge in [0.05, 0.1) is 36.8 Å². The molecule has 0 saturated carbocycles. The number of nitrogens with zero attached hydrogens (tertiary/aromatic N) is 3. The molecule has 3 aromatic rings. The molecule has 1 aliphatic heterocycles. The summed E-state index contributed by atoms with van der Waals surface area (Å²) in [6.07, 6.45) is 0. The normalized spacial score (nSPS) is 16.0. The topological polar surface area (TPSA) is 59.4 Å². The van der Waals surface area contributed by atoms with Crippen LogP contribution in [0.5, 0.6) is 0 Å². The van der Waals surface area contributed by atoms with E-state index in [1.54, 1.807) is 12.1 Å². The molecule has 1 unspecified atom stereocenters. The van der Waals surface area contributed by atoms with Crippen molar-refractivity contribution in [2.45, 2.75) is 33.0 Å². The molecule has 1 saturated heterocycles. The molecule has 1 amide bonds. The van der Waals surface area contributed by atoms with E-state index < -0.39 is 0 Å². The van der Waals surface area contributed by atoms with Crippen molar-refractivity contribution in [1.29, 1.82) is 0 Å². The quantitative estimate of drug-likeness (QED) is 0.631. The average Bonchev–Trinajstić information content (AvgIpc) is 3.10. The molecule has 6 nitrogen and oxygen atoms in total. The van der Waals surface area contributed by atoms with Gasteiger partial charge in [-0.2, -0.15) is 0 Å². The fraction of sp³-hybridized carbons (Fsp3) is 0.417. The molecule has 0 aliphatic carbocycles. The molecule has 1 atom stereocenters. The zero-order valence-corrected chi connectivity index (χ0v) is 18.1. The van der Waals surface area contributed by atoms with Crippen LogP contribution in [0.15, 0.2) is 48.5 Å². The Bertz CT molecular complexity index is 1030. The number of rotatable bonds is 7. The number of carbonyl (C=O) groups excluding carboxylic acids is 1. The number of nitrogens with one attached hydrogen (secondary N) is 1. The van der Waals surface area contributed by atoms with Crippen molar-refractivity contribution >= 4 is 16.9 Å². The van der Waals surface area contributed by atoms with Crippen molar-refractivity contribution in [2.75, 3.05) is 26.3 Å². The van der Waals surface area contributed by atoms with Gasteiger partial charge in [0.15, 0.2) is 0 Å². The van der Waals surface area contributed by atoms with Crippen LogP contribution in [0.4, 0.5) is 4.39 Å². The monoisotopic (exact) mass is 424 g/mol. The maximum Gasteiger partial charge on any atom is 0.240 e. The number of benzene rings is 2. The van der Waals surface area contributed by atoms with Gasteiger partial charge in [0.25, 0.3) is 0 Å². The number of aromatic nitrogens is 2. The third kappa shape index (κ3) is 5.11. The van der Waals surface area contributed by atoms with Gasteiger partial charge < -0.3 is 14.6 Å². The highest BCUT2D eigenvalue weighted by atomic mass is 19.1. The predicted octanol–water partition coefficient (Wildman–Crippen LogP) is 3.52. The van der Waals surface area contributed by atoms with E-state index in [4.69, 9.17) is 9.72 Å². The first-order chi connectivity index (χ1) is 15.0. The van der Waals surface area contributed by atoms with Crippen LogP contribution in [0.3, 0.4) is 0 Å². The molecule has 0 bridgehead atoms. The summed E-state index contributed by atoms with van der Waals surface area (Å²) in [4.78, 5) is 20.2. The SMILES string of the molecule is CC(C)C(NC(=O)Cn1c(CN2CCOCC2)nc2ccccc21)c1ccc(F)cc1. The summed E-state index contributed by atoms with van der Waals surface area (Å²) < 4.78 is 20.8. The number of hydrogen-bond acceptors (Lipinski definition) is 4. The van der Waals surface area contributed by atoms with Gasteiger partial charge in [-0.25, -0.2) is 9.37 Å². The molecule has 0 spiro atoms. The molecule has 0 radical (unpaired) electrons. The smallest absolute Gasteiger partial charge is 0.240 e. The van der Waals surface area contributed by atoms with E-state index in [1.165, 1.54) is 12.1 Å². The van der Waals surface area contributed by atoms with Gasteiger partial charge >= 0.3 is 0 Å². The predicted molar refractivity (Wildman–Crippen MR) is 118 cm³/mol. The second-order valence-corrected chi connectivity index (χ2v) is 8.33. The molecule has 31 heavy (non-hydrogen) atoms. The van der Waals surface area contributed by atoms with Crippen molar-refractivity contribution < 1.29 is 13.9 Å². The van der Waals surface area contributed by atoms with Crippen LogP contribution in [0, 0.1) is 11.7 Å². The zero-order chi connectivity index (χ0) is 21.8. The second-order valence-electron chi connectivity index (χ2n) is 8.33. The molecule has 7 heteroatoms. The maximum atomic E-state index is 13.3. The second kappa shape index (κ2) is 9.58. The van der Waals surface area contributed by atoms with Crippen LogP contribution < -0.4 is 5.32 Å². The minimum atomic E-state index is -0.282. The first-order valence-electron chi connectivity index (χ1n) is 10.8. The van der Waals surface area contributed by atoms with E-state index in [1.807, 2.05) is 42.7 Å². The number of para-hydroxylation sites is 2. The lowest BCUT2D eigenvalue weighted by Crippen LogP contribution is -2.37. The van der Waals surface area contributed by atoms with Crippen LogP contribution in [-0.2, 0) is 22.6 Å². The number of morpholine rings is 1. The Hall–Kier alpha value is -2.77. The van der Waals surface area contributed by atoms with E-state index in [-0.39, 0.29) is 30.2 Å². The molecular weight excluding hydrogens is 395 g/mol. The van der Waals surface area contributed by atoms with Gasteiger partial charge in [-0.1, -0.05) is 38.1 Å². The van der Waals surface area contributed by atoms with Gasteiger partial charge in [0.1, 0.15) is 18.2 Å². The molecule has 164 valence electrons. The largest absolute Gasteiger partial charge is 0.379 e. The summed E-state index contributed by atoms with van der Waals surface area (Å²) in [5.41, 5.74) is 2.73. The Morgan fingerprint density at radius 1 is 1.13 bits per heavy atom. The number of halogens is 1. The van der Waals surface area contributed by atoms with Crippen LogP contribution in [0.1, 0.15) is 31.3 Å². The molecule has 1 fully saturated rings. The number of fused-ring (bicyclic) bond motifs is 1. The van der Waals surface area contributed by atoms with Crippen molar-refractivity contribution in [3.05, 3.63) is 65.7 Å². The van der Waals surface area contributed by atoms with Crippen molar-refractivity contribution in [2.24, 2.45) is 5.92 Å². The van der Waals surface area contributed by atoms with Crippen LogP contribution >= 0.6 is 0 Å². The average molecular weight is 425 g/mol. The Morgan fingerprint density at radius 3 is 2.55 bits per heavy atom. The number of amides is 1. The molecule has 1 aliphatic rings. The highest BCUT2D eigenvalue weighted by Crippen LogP contribution is 2.23. The third-order valence-corrected chi connectivity index (χ3v) is 5.72. The van der Waals surface area contributed by atoms with Crippen LogP contribution in [0.2, 0.25) is 0 Å². The standard InChI is InChI=1S/C24H29FN4O2/c1-17(2)24(18-7-9-19(25)10-8-18)27-23(30)16-29-21-6-4-3-5-20(21)26-22(29)15-28-11-13-31-14-12-28/h3-10,17,24H,11-16H2,1-2H3,(H,27,30). The molecule has 1 N–H and O–H groups in total. The van der Waals surface area contributed by atoms with Gasteiger partial charge in [-0.05, 0) is 35.7 Å². The molecular formula is C24H29FN4O2. The maximum absolute atomic E-state index is 13.3. The highest BCUT2D eigenvalue weighted by Gasteiger charge is 2.21. The van der Waals surface area contributed by atoms with Crippen LogP contribution in [0.25, 0.3) is 11.0 Å². The number of imidazole rings is 1. The Balaban J connectivity index is 1.55. The lowest BCUT2D eigenvalue weighted by atomic mass is 9.96. The van der Waals surface area contributed by atoms with Crippen molar-refractivity contribution in [3.63, 3.8) is 0 Å². The Kier molecular flexibility index (Phi) is 6.63. The summed E-state index contributed by atoms with van der Waals surface area (Å²) in [6.45, 7) is 8.10. The summed E-state index contributed by atoms with van der Waals surface area (Å²) >= 11 is 0. The fourth-order valence-electron chi connectivity index (χ4n) is 4.05. The van der Waals surface area contributed by atoms with Crippen molar-refractivity contribution in [3.8, 4) is 0 Å². The fourth-order valence-corrected chi connectivity index (χ4v) is 4.05. The first-order valence-corrected chi connectivity index (χ1v) is 10.8. The van der Waals surface area contributed by atoms with Gasteiger partial charge in [0.2, 0.25) is 5.91 Å². The van der Waals surface area contributed by atoms with Gasteiger partial charge in [-0.3, -0.25) is 9.69 Å². The summed E-state index contributed by atoms with van der Waals surface area (Å²) in [6, 6.07) is 14.0. The van der Waals surface area contributed by atoms with Crippen LogP contribution in [-0.4, -0.2) is 46.7 Å². The number of ether oxygens (including phenoxy) is 1. The van der Waals surface area contributed by atoms with E-state index in [2.05, 4.69) is 10.2 Å². The lowest BCUT2D eigenvalue weighted by Gasteiger charge is -2.26. The van der Waals surface area contributed by atoms with E-state index in [0.717, 1.165) is 35.5 Å². The Labute approximate surface area is 182 Å². The highest BCUT2D eigenvalue weighted by molar-refractivity contribution is 5.81. The van der Waals surface area contributed by atoms with E-state index in [9.17, 15) is 9.18 Å². The minimum absolute atomic E-state index is 0.0885. The molecule has 2 aromatic carbocycles.